The highest BCUT2D eigenvalue weighted by molar-refractivity contribution is 7.15. The molecular formula is C13H23N3S. The maximum atomic E-state index is 4.60. The molecule has 1 saturated heterocycles. The third-order valence-corrected chi connectivity index (χ3v) is 4.76. The molecule has 4 heteroatoms. The summed E-state index contributed by atoms with van der Waals surface area (Å²) in [6.07, 6.45) is 5.92. The monoisotopic (exact) mass is 253 g/mol. The summed E-state index contributed by atoms with van der Waals surface area (Å²) in [7, 11) is 0. The van der Waals surface area contributed by atoms with Crippen LogP contribution in [0, 0.1) is 0 Å². The molecule has 1 aliphatic heterocycles. The van der Waals surface area contributed by atoms with Crippen LogP contribution in [-0.2, 0) is 0 Å². The van der Waals surface area contributed by atoms with Gasteiger partial charge in [-0.3, -0.25) is 0 Å². The van der Waals surface area contributed by atoms with Gasteiger partial charge >= 0.3 is 0 Å². The first kappa shape index (κ1) is 12.8. The van der Waals surface area contributed by atoms with Crippen LogP contribution in [-0.4, -0.2) is 24.1 Å². The van der Waals surface area contributed by atoms with E-state index in [1.165, 1.54) is 35.8 Å². The van der Waals surface area contributed by atoms with Crippen molar-refractivity contribution in [1.82, 2.24) is 10.3 Å². The lowest BCUT2D eigenvalue weighted by Crippen LogP contribution is -2.28. The molecule has 0 radical (unpaired) electrons. The first-order chi connectivity index (χ1) is 8.26. The van der Waals surface area contributed by atoms with Gasteiger partial charge in [0.25, 0.3) is 0 Å². The second-order valence-corrected chi connectivity index (χ2v) is 5.76. The number of hydrogen-bond acceptors (Lipinski definition) is 4. The van der Waals surface area contributed by atoms with Crippen molar-refractivity contribution in [3.05, 3.63) is 11.1 Å². The van der Waals surface area contributed by atoms with Gasteiger partial charge in [-0.2, -0.15) is 0 Å². The quantitative estimate of drug-likeness (QED) is 0.873. The Bertz CT molecular complexity index is 350. The van der Waals surface area contributed by atoms with Gasteiger partial charge in [-0.15, -0.1) is 11.3 Å². The van der Waals surface area contributed by atoms with Crippen molar-refractivity contribution in [3.8, 4) is 0 Å². The molecule has 17 heavy (non-hydrogen) atoms. The first-order valence-electron chi connectivity index (χ1n) is 6.72. The average Bonchev–Trinajstić information content (AvgIpc) is 2.97. The van der Waals surface area contributed by atoms with Crippen LogP contribution in [0.3, 0.4) is 0 Å². The van der Waals surface area contributed by atoms with E-state index in [0.29, 0.717) is 12.1 Å². The van der Waals surface area contributed by atoms with Crippen LogP contribution in [0.1, 0.15) is 51.0 Å². The molecule has 1 aromatic heterocycles. The highest BCUT2D eigenvalue weighted by Crippen LogP contribution is 2.32. The Labute approximate surface area is 108 Å². The Kier molecular flexibility index (Phi) is 4.40. The number of rotatable bonds is 5. The number of thiazole rings is 1. The molecule has 1 N–H and O–H groups in total. The Hall–Kier alpha value is -0.610. The van der Waals surface area contributed by atoms with E-state index in [1.807, 2.05) is 17.5 Å². The number of nitrogens with zero attached hydrogens (tertiary/aromatic N) is 2. The molecule has 0 amide bonds. The lowest BCUT2D eigenvalue weighted by molar-refractivity contribution is 0.606. The minimum Gasteiger partial charge on any atom is -0.345 e. The summed E-state index contributed by atoms with van der Waals surface area (Å²) in [6.45, 7) is 8.82. The molecule has 0 aromatic carbocycles. The van der Waals surface area contributed by atoms with Crippen LogP contribution in [0.5, 0.6) is 0 Å². The topological polar surface area (TPSA) is 28.2 Å². The van der Waals surface area contributed by atoms with Crippen LogP contribution in [0.4, 0.5) is 5.13 Å². The molecule has 2 atom stereocenters. The first-order valence-corrected chi connectivity index (χ1v) is 7.53. The molecule has 0 spiro atoms. The summed E-state index contributed by atoms with van der Waals surface area (Å²) >= 11 is 1.85. The molecule has 0 bridgehead atoms. The fraction of sp³-hybridized carbons (Fsp3) is 0.769. The van der Waals surface area contributed by atoms with Crippen LogP contribution in [0.2, 0.25) is 0 Å². The van der Waals surface area contributed by atoms with E-state index in [4.69, 9.17) is 0 Å². The van der Waals surface area contributed by atoms with E-state index >= 15 is 0 Å². The van der Waals surface area contributed by atoms with Gasteiger partial charge in [0, 0.05) is 29.7 Å². The number of anilines is 1. The van der Waals surface area contributed by atoms with Gasteiger partial charge in [-0.1, -0.05) is 13.8 Å². The fourth-order valence-electron chi connectivity index (χ4n) is 2.53. The maximum Gasteiger partial charge on any atom is 0.185 e. The predicted molar refractivity (Wildman–Crippen MR) is 74.9 cm³/mol. The SMILES string of the molecule is CCNC(C)c1cnc(N2CCCC2CC)s1. The normalized spacial score (nSPS) is 22.1. The molecule has 3 nitrogen and oxygen atoms in total. The van der Waals surface area contributed by atoms with E-state index in [-0.39, 0.29) is 0 Å². The minimum atomic E-state index is 0.425. The number of hydrogen-bond donors (Lipinski definition) is 1. The van der Waals surface area contributed by atoms with Crippen molar-refractivity contribution in [3.63, 3.8) is 0 Å². The van der Waals surface area contributed by atoms with Crippen LogP contribution < -0.4 is 10.2 Å². The summed E-state index contributed by atoms with van der Waals surface area (Å²) in [6, 6.07) is 1.14. The standard InChI is InChI=1S/C13H23N3S/c1-4-11-7-6-8-16(11)13-15-9-12(17-13)10(3)14-5-2/h9-11,14H,4-8H2,1-3H3. The van der Waals surface area contributed by atoms with E-state index in [9.17, 15) is 0 Å². The van der Waals surface area contributed by atoms with Gasteiger partial charge in [-0.25, -0.2) is 4.98 Å². The summed E-state index contributed by atoms with van der Waals surface area (Å²) in [4.78, 5) is 8.45. The van der Waals surface area contributed by atoms with Crippen molar-refractivity contribution >= 4 is 16.5 Å². The van der Waals surface area contributed by atoms with Crippen LogP contribution in [0.25, 0.3) is 0 Å². The smallest absolute Gasteiger partial charge is 0.185 e. The molecule has 0 aliphatic carbocycles. The van der Waals surface area contributed by atoms with Gasteiger partial charge in [0.1, 0.15) is 0 Å². The van der Waals surface area contributed by atoms with Crippen LogP contribution >= 0.6 is 11.3 Å². The zero-order valence-corrected chi connectivity index (χ0v) is 11.9. The maximum absolute atomic E-state index is 4.60. The van der Waals surface area contributed by atoms with Gasteiger partial charge in [0.2, 0.25) is 0 Å². The largest absolute Gasteiger partial charge is 0.345 e. The van der Waals surface area contributed by atoms with Gasteiger partial charge in [-0.05, 0) is 32.7 Å². The van der Waals surface area contributed by atoms with Crippen molar-refractivity contribution < 1.29 is 0 Å². The highest BCUT2D eigenvalue weighted by atomic mass is 32.1. The lowest BCUT2D eigenvalue weighted by atomic mass is 10.2. The van der Waals surface area contributed by atoms with E-state index in [1.54, 1.807) is 0 Å². The third-order valence-electron chi connectivity index (χ3n) is 3.54. The number of aromatic nitrogens is 1. The molecule has 2 rings (SSSR count). The number of nitrogens with one attached hydrogen (secondary N) is 1. The molecule has 1 fully saturated rings. The molecule has 2 unspecified atom stereocenters. The molecule has 0 saturated carbocycles. The zero-order chi connectivity index (χ0) is 12.3. The molecule has 1 aliphatic rings. The van der Waals surface area contributed by atoms with E-state index in [2.05, 4.69) is 36.0 Å². The van der Waals surface area contributed by atoms with E-state index in [0.717, 1.165) is 6.54 Å². The van der Waals surface area contributed by atoms with Crippen molar-refractivity contribution in [2.45, 2.75) is 52.1 Å². The second kappa shape index (κ2) is 5.83. The minimum absolute atomic E-state index is 0.425. The summed E-state index contributed by atoms with van der Waals surface area (Å²) in [5.74, 6) is 0. The third kappa shape index (κ3) is 2.80. The fourth-order valence-corrected chi connectivity index (χ4v) is 3.57. The summed E-state index contributed by atoms with van der Waals surface area (Å²) in [5, 5.41) is 4.66. The summed E-state index contributed by atoms with van der Waals surface area (Å²) < 4.78 is 0. The Morgan fingerprint density at radius 2 is 2.41 bits per heavy atom. The second-order valence-electron chi connectivity index (χ2n) is 4.72. The van der Waals surface area contributed by atoms with E-state index < -0.39 is 0 Å². The Morgan fingerprint density at radius 1 is 1.59 bits per heavy atom. The lowest BCUT2D eigenvalue weighted by Gasteiger charge is -2.22. The summed E-state index contributed by atoms with van der Waals surface area (Å²) in [5.41, 5.74) is 0. The molecule has 96 valence electrons. The van der Waals surface area contributed by atoms with Crippen LogP contribution in [0.15, 0.2) is 6.20 Å². The zero-order valence-electron chi connectivity index (χ0n) is 11.1. The predicted octanol–water partition coefficient (Wildman–Crippen LogP) is 3.19. The Morgan fingerprint density at radius 3 is 3.12 bits per heavy atom. The molecule has 1 aromatic rings. The van der Waals surface area contributed by atoms with Crippen molar-refractivity contribution in [1.29, 1.82) is 0 Å². The average molecular weight is 253 g/mol. The van der Waals surface area contributed by atoms with Crippen molar-refractivity contribution in [2.24, 2.45) is 0 Å². The molecule has 2 heterocycles. The van der Waals surface area contributed by atoms with Gasteiger partial charge in [0.05, 0.1) is 0 Å². The molecular weight excluding hydrogens is 230 g/mol. The highest BCUT2D eigenvalue weighted by Gasteiger charge is 2.25. The van der Waals surface area contributed by atoms with Gasteiger partial charge < -0.3 is 10.2 Å². The Balaban J connectivity index is 2.07. The van der Waals surface area contributed by atoms with Crippen molar-refractivity contribution in [2.75, 3.05) is 18.0 Å². The van der Waals surface area contributed by atoms with Gasteiger partial charge in [0.15, 0.2) is 5.13 Å².